The number of methoxy groups -OCH3 is 2. The molecule has 0 N–H and O–H groups in total. The van der Waals surface area contributed by atoms with Crippen molar-refractivity contribution < 1.29 is 18.8 Å². The summed E-state index contributed by atoms with van der Waals surface area (Å²) >= 11 is 0. The molecule has 1 fully saturated rings. The maximum absolute atomic E-state index is 12.4. The van der Waals surface area contributed by atoms with E-state index in [1.807, 2.05) is 53.4 Å². The fraction of sp³-hybridized carbons (Fsp3) is 0.348. The van der Waals surface area contributed by atoms with Crippen LogP contribution in [0.1, 0.15) is 35.2 Å². The molecule has 7 heteroatoms. The van der Waals surface area contributed by atoms with Crippen LogP contribution in [-0.2, 0) is 17.6 Å². The van der Waals surface area contributed by atoms with Gasteiger partial charge < -0.3 is 18.9 Å². The fourth-order valence-electron chi connectivity index (χ4n) is 3.56. The Morgan fingerprint density at radius 2 is 1.87 bits per heavy atom. The molecule has 0 unspecified atom stereocenters. The highest BCUT2D eigenvalue weighted by atomic mass is 16.5. The summed E-state index contributed by atoms with van der Waals surface area (Å²) in [4.78, 5) is 18.8. The summed E-state index contributed by atoms with van der Waals surface area (Å²) in [6.45, 7) is 1.25. The molecule has 30 heavy (non-hydrogen) atoms. The third kappa shape index (κ3) is 4.45. The van der Waals surface area contributed by atoms with Crippen LogP contribution in [0.15, 0.2) is 53.1 Å². The summed E-state index contributed by atoms with van der Waals surface area (Å²) in [5.74, 6) is 3.10. The van der Waals surface area contributed by atoms with Gasteiger partial charge in [0.2, 0.25) is 11.8 Å². The quantitative estimate of drug-likeness (QED) is 0.571. The molecule has 0 aliphatic carbocycles. The van der Waals surface area contributed by atoms with Crippen molar-refractivity contribution in [3.05, 3.63) is 71.4 Å². The van der Waals surface area contributed by atoms with E-state index in [2.05, 4.69) is 10.1 Å². The first-order valence-electron chi connectivity index (χ1n) is 10.0. The summed E-state index contributed by atoms with van der Waals surface area (Å²) in [5.41, 5.74) is 2.13. The van der Waals surface area contributed by atoms with Gasteiger partial charge in [-0.15, -0.1) is 0 Å². The molecule has 2 aromatic carbocycles. The molecule has 4 rings (SSSR count). The number of rotatable bonds is 8. The van der Waals surface area contributed by atoms with Gasteiger partial charge in [-0.2, -0.15) is 4.98 Å². The number of carbonyl (C=O) groups is 1. The van der Waals surface area contributed by atoms with E-state index in [0.29, 0.717) is 44.1 Å². The minimum absolute atomic E-state index is 0.105. The second-order valence-electron chi connectivity index (χ2n) is 7.38. The van der Waals surface area contributed by atoms with Crippen LogP contribution in [0, 0.1) is 0 Å². The number of para-hydroxylation sites is 1. The van der Waals surface area contributed by atoms with E-state index >= 15 is 0 Å². The van der Waals surface area contributed by atoms with Crippen LogP contribution in [0.4, 0.5) is 0 Å². The molecule has 7 nitrogen and oxygen atoms in total. The number of nitrogens with zero attached hydrogens (tertiary/aromatic N) is 3. The number of carbonyl (C=O) groups excluding carboxylic acids is 1. The van der Waals surface area contributed by atoms with Crippen LogP contribution in [0.25, 0.3) is 0 Å². The monoisotopic (exact) mass is 407 g/mol. The van der Waals surface area contributed by atoms with Crippen LogP contribution < -0.4 is 9.47 Å². The molecule has 0 saturated carbocycles. The highest BCUT2D eigenvalue weighted by molar-refractivity contribution is 5.77. The first-order valence-corrected chi connectivity index (χ1v) is 10.0. The Morgan fingerprint density at radius 1 is 1.10 bits per heavy atom. The normalized spacial score (nSPS) is 13.7. The molecule has 1 aliphatic rings. The summed E-state index contributed by atoms with van der Waals surface area (Å²) in [6, 6.07) is 15.6. The molecule has 1 amide bonds. The van der Waals surface area contributed by atoms with Gasteiger partial charge >= 0.3 is 0 Å². The Balaban J connectivity index is 1.26. The van der Waals surface area contributed by atoms with Gasteiger partial charge in [0.05, 0.1) is 20.1 Å². The average molecular weight is 407 g/mol. The van der Waals surface area contributed by atoms with E-state index in [0.717, 1.165) is 22.6 Å². The van der Waals surface area contributed by atoms with Gasteiger partial charge in [-0.1, -0.05) is 35.5 Å². The summed E-state index contributed by atoms with van der Waals surface area (Å²) in [5, 5.41) is 4.09. The fourth-order valence-corrected chi connectivity index (χ4v) is 3.56. The lowest BCUT2D eigenvalue weighted by atomic mass is 9.98. The van der Waals surface area contributed by atoms with Gasteiger partial charge in [0, 0.05) is 31.5 Å². The van der Waals surface area contributed by atoms with Crippen molar-refractivity contribution >= 4 is 5.91 Å². The molecular formula is C23H25N3O4. The lowest BCUT2D eigenvalue weighted by molar-refractivity contribution is -0.135. The number of amides is 1. The van der Waals surface area contributed by atoms with Gasteiger partial charge in [-0.05, 0) is 30.2 Å². The first-order chi connectivity index (χ1) is 14.7. The zero-order valence-corrected chi connectivity index (χ0v) is 17.2. The number of likely N-dealkylation sites (tertiary alicyclic amines) is 1. The number of aromatic nitrogens is 2. The van der Waals surface area contributed by atoms with Gasteiger partial charge in [0.15, 0.2) is 5.82 Å². The predicted octanol–water partition coefficient (Wildman–Crippen LogP) is 3.24. The number of ether oxygens (including phenoxy) is 2. The smallest absolute Gasteiger partial charge is 0.233 e. The average Bonchev–Trinajstić information content (AvgIpc) is 3.20. The minimum atomic E-state index is 0.105. The Bertz CT molecular complexity index is 994. The van der Waals surface area contributed by atoms with E-state index in [-0.39, 0.29) is 11.8 Å². The predicted molar refractivity (Wildman–Crippen MR) is 111 cm³/mol. The van der Waals surface area contributed by atoms with Gasteiger partial charge in [-0.3, -0.25) is 4.79 Å². The Kier molecular flexibility index (Phi) is 5.97. The number of hydrogen-bond donors (Lipinski definition) is 0. The highest BCUT2D eigenvalue weighted by Crippen LogP contribution is 2.27. The molecule has 0 atom stereocenters. The zero-order valence-electron chi connectivity index (χ0n) is 17.2. The maximum Gasteiger partial charge on any atom is 0.233 e. The van der Waals surface area contributed by atoms with Gasteiger partial charge in [0.1, 0.15) is 11.5 Å². The SMILES string of the molecule is COc1ccc(CCC(=O)N2CC(c3nc(Cc4ccccc4OC)no3)C2)cc1. The summed E-state index contributed by atoms with van der Waals surface area (Å²) < 4.78 is 16.0. The van der Waals surface area contributed by atoms with E-state index < -0.39 is 0 Å². The molecule has 0 spiro atoms. The second-order valence-corrected chi connectivity index (χ2v) is 7.38. The topological polar surface area (TPSA) is 77.7 Å². The molecule has 0 bridgehead atoms. The van der Waals surface area contributed by atoms with Crippen molar-refractivity contribution in [1.82, 2.24) is 15.0 Å². The Morgan fingerprint density at radius 3 is 2.60 bits per heavy atom. The van der Waals surface area contributed by atoms with Crippen molar-refractivity contribution in [2.45, 2.75) is 25.2 Å². The third-order valence-electron chi connectivity index (χ3n) is 5.39. The molecule has 156 valence electrons. The largest absolute Gasteiger partial charge is 0.497 e. The standard InChI is InChI=1S/C23H25N3O4/c1-28-19-10-7-16(8-11-19)9-12-22(27)26-14-18(15-26)23-24-21(25-30-23)13-17-5-3-4-6-20(17)29-2/h3-8,10-11,18H,9,12-15H2,1-2H3. The van der Waals surface area contributed by atoms with Crippen molar-refractivity contribution in [1.29, 1.82) is 0 Å². The van der Waals surface area contributed by atoms with E-state index in [4.69, 9.17) is 14.0 Å². The molecular weight excluding hydrogens is 382 g/mol. The second kappa shape index (κ2) is 8.98. The Hall–Kier alpha value is -3.35. The molecule has 1 aromatic heterocycles. The van der Waals surface area contributed by atoms with E-state index in [9.17, 15) is 4.79 Å². The lowest BCUT2D eigenvalue weighted by Crippen LogP contribution is -2.48. The van der Waals surface area contributed by atoms with Crippen molar-refractivity contribution in [2.24, 2.45) is 0 Å². The number of hydrogen-bond acceptors (Lipinski definition) is 6. The zero-order chi connectivity index (χ0) is 20.9. The van der Waals surface area contributed by atoms with Crippen molar-refractivity contribution in [3.8, 4) is 11.5 Å². The Labute approximate surface area is 175 Å². The minimum Gasteiger partial charge on any atom is -0.497 e. The van der Waals surface area contributed by atoms with E-state index in [1.54, 1.807) is 14.2 Å². The molecule has 1 saturated heterocycles. The van der Waals surface area contributed by atoms with Gasteiger partial charge in [-0.25, -0.2) is 0 Å². The van der Waals surface area contributed by atoms with Crippen LogP contribution in [0.5, 0.6) is 11.5 Å². The summed E-state index contributed by atoms with van der Waals surface area (Å²) in [7, 11) is 3.29. The van der Waals surface area contributed by atoms with Crippen LogP contribution in [0.2, 0.25) is 0 Å². The molecule has 0 radical (unpaired) electrons. The highest BCUT2D eigenvalue weighted by Gasteiger charge is 2.35. The van der Waals surface area contributed by atoms with E-state index in [1.165, 1.54) is 0 Å². The molecule has 2 heterocycles. The lowest BCUT2D eigenvalue weighted by Gasteiger charge is -2.37. The van der Waals surface area contributed by atoms with Crippen LogP contribution in [0.3, 0.4) is 0 Å². The molecule has 3 aromatic rings. The first kappa shape index (κ1) is 19.9. The summed E-state index contributed by atoms with van der Waals surface area (Å²) in [6.07, 6.45) is 1.75. The maximum atomic E-state index is 12.4. The van der Waals surface area contributed by atoms with Crippen molar-refractivity contribution in [2.75, 3.05) is 27.3 Å². The van der Waals surface area contributed by atoms with Gasteiger partial charge in [0.25, 0.3) is 0 Å². The van der Waals surface area contributed by atoms with Crippen molar-refractivity contribution in [3.63, 3.8) is 0 Å². The van der Waals surface area contributed by atoms with Crippen LogP contribution >= 0.6 is 0 Å². The molecule has 1 aliphatic heterocycles. The number of benzene rings is 2. The number of aryl methyl sites for hydroxylation is 1. The third-order valence-corrected chi connectivity index (χ3v) is 5.39. The van der Waals surface area contributed by atoms with Crippen LogP contribution in [-0.4, -0.2) is 48.3 Å².